The fraction of sp³-hybridized carbons (Fsp3) is 0.171. The number of hydrogen-bond acceptors (Lipinski definition) is 8. The number of halogens is 1. The van der Waals surface area contributed by atoms with Crippen molar-refractivity contribution in [2.75, 3.05) is 6.61 Å². The minimum Gasteiger partial charge on any atom is -0.489 e. The lowest BCUT2D eigenvalue weighted by Crippen LogP contribution is -2.45. The summed E-state index contributed by atoms with van der Waals surface area (Å²) in [5.74, 6) is 0.433. The molecule has 2 atom stereocenters. The van der Waals surface area contributed by atoms with Gasteiger partial charge in [0.15, 0.2) is 6.29 Å². The number of allylic oxidation sites excluding steroid dienone is 2. The van der Waals surface area contributed by atoms with Crippen molar-refractivity contribution in [3.63, 3.8) is 0 Å². The summed E-state index contributed by atoms with van der Waals surface area (Å²) in [5.41, 5.74) is 3.71. The van der Waals surface area contributed by atoms with E-state index in [0.29, 0.717) is 28.7 Å². The van der Waals surface area contributed by atoms with Gasteiger partial charge < -0.3 is 14.2 Å². The molecule has 0 N–H and O–H groups in total. The Kier molecular flexibility index (Phi) is 9.46. The first kappa shape index (κ1) is 30.2. The van der Waals surface area contributed by atoms with E-state index in [1.165, 1.54) is 18.5 Å². The molecule has 44 heavy (non-hydrogen) atoms. The number of benzene rings is 2. The minimum atomic E-state index is -0.931. The van der Waals surface area contributed by atoms with E-state index in [-0.39, 0.29) is 42.1 Å². The van der Waals surface area contributed by atoms with Gasteiger partial charge in [-0.05, 0) is 41.0 Å². The van der Waals surface area contributed by atoms with Gasteiger partial charge >= 0.3 is 0 Å². The number of aromatic nitrogens is 2. The van der Waals surface area contributed by atoms with Crippen molar-refractivity contribution in [2.24, 2.45) is 5.92 Å². The van der Waals surface area contributed by atoms with Crippen LogP contribution in [0, 0.1) is 28.6 Å². The number of nitrogens with zero attached hydrogens (tertiary/aromatic N) is 4. The van der Waals surface area contributed by atoms with E-state index < -0.39 is 5.60 Å². The molecule has 218 valence electrons. The molecular formula is C35H27ClN4O4. The average Bonchev–Trinajstić information content (AvgIpc) is 3.07. The van der Waals surface area contributed by atoms with Crippen LogP contribution in [0.25, 0.3) is 5.57 Å². The molecule has 0 amide bonds. The predicted octanol–water partition coefficient (Wildman–Crippen LogP) is 6.89. The van der Waals surface area contributed by atoms with Crippen LogP contribution >= 0.6 is 11.6 Å². The molecule has 2 aromatic heterocycles. The fourth-order valence-corrected chi connectivity index (χ4v) is 5.16. The zero-order chi connectivity index (χ0) is 30.9. The zero-order valence-corrected chi connectivity index (χ0v) is 24.6. The summed E-state index contributed by atoms with van der Waals surface area (Å²) >= 11 is 6.57. The molecule has 2 unspecified atom stereocenters. The Bertz CT molecular complexity index is 1810. The molecule has 0 aliphatic heterocycles. The Balaban J connectivity index is 1.42. The Morgan fingerprint density at radius 1 is 0.909 bits per heavy atom. The number of aldehydes is 1. The lowest BCUT2D eigenvalue weighted by atomic mass is 9.77. The smallest absolute Gasteiger partial charge is 0.153 e. The standard InChI is InChI=1S/C35H27ClN4O4/c1-24-31(29-6-3-2-4-7-29)8-5-9-35(24,44-22-28-11-26(15-38)17-40-19-28)23-43-34-13-33(30(20-41)12-32(34)36)42-21-27-10-25(14-37)16-39-18-27/h2-13,16-20,24H,21-23H2,1H3. The maximum atomic E-state index is 11.8. The van der Waals surface area contributed by atoms with E-state index >= 15 is 0 Å². The van der Waals surface area contributed by atoms with Gasteiger partial charge in [-0.1, -0.05) is 61.0 Å². The van der Waals surface area contributed by atoms with E-state index in [0.717, 1.165) is 16.7 Å². The van der Waals surface area contributed by atoms with Crippen molar-refractivity contribution < 1.29 is 19.0 Å². The topological polar surface area (TPSA) is 118 Å². The molecule has 2 aromatic carbocycles. The Morgan fingerprint density at radius 2 is 1.59 bits per heavy atom. The van der Waals surface area contributed by atoms with Crippen molar-refractivity contribution in [1.29, 1.82) is 10.5 Å². The Hall–Kier alpha value is -5.28. The van der Waals surface area contributed by atoms with Crippen LogP contribution in [0.3, 0.4) is 0 Å². The predicted molar refractivity (Wildman–Crippen MR) is 165 cm³/mol. The fourth-order valence-electron chi connectivity index (χ4n) is 4.93. The van der Waals surface area contributed by atoms with Crippen LogP contribution in [0.15, 0.2) is 97.6 Å². The second-order valence-electron chi connectivity index (χ2n) is 10.2. The molecule has 0 saturated heterocycles. The van der Waals surface area contributed by atoms with E-state index in [2.05, 4.69) is 29.0 Å². The highest BCUT2D eigenvalue weighted by atomic mass is 35.5. The van der Waals surface area contributed by atoms with Crippen molar-refractivity contribution in [1.82, 2.24) is 9.97 Å². The Labute approximate surface area is 260 Å². The van der Waals surface area contributed by atoms with Crippen molar-refractivity contribution in [2.45, 2.75) is 25.7 Å². The first-order valence-electron chi connectivity index (χ1n) is 13.8. The largest absolute Gasteiger partial charge is 0.489 e. The van der Waals surface area contributed by atoms with Crippen LogP contribution in [0.2, 0.25) is 5.02 Å². The monoisotopic (exact) mass is 602 g/mol. The Morgan fingerprint density at radius 3 is 2.25 bits per heavy atom. The van der Waals surface area contributed by atoms with E-state index in [9.17, 15) is 10.1 Å². The van der Waals surface area contributed by atoms with Gasteiger partial charge in [0, 0.05) is 42.3 Å². The van der Waals surface area contributed by atoms with E-state index in [1.807, 2.05) is 48.6 Å². The molecule has 1 aliphatic carbocycles. The summed E-state index contributed by atoms with van der Waals surface area (Å²) < 4.78 is 18.9. The van der Waals surface area contributed by atoms with Crippen molar-refractivity contribution in [3.05, 3.63) is 136 Å². The van der Waals surface area contributed by atoms with Gasteiger partial charge in [-0.2, -0.15) is 10.5 Å². The van der Waals surface area contributed by atoms with Crippen LogP contribution in [0.5, 0.6) is 11.5 Å². The first-order valence-corrected chi connectivity index (χ1v) is 14.1. The van der Waals surface area contributed by atoms with Crippen LogP contribution in [-0.4, -0.2) is 28.5 Å². The number of nitriles is 2. The second kappa shape index (κ2) is 13.8. The molecule has 1 aliphatic rings. The maximum absolute atomic E-state index is 11.8. The molecule has 4 aromatic rings. The summed E-state index contributed by atoms with van der Waals surface area (Å²) in [4.78, 5) is 20.1. The number of rotatable bonds is 11. The highest BCUT2D eigenvalue weighted by Gasteiger charge is 2.40. The normalized spacial score (nSPS) is 17.2. The van der Waals surface area contributed by atoms with Crippen LogP contribution < -0.4 is 9.47 Å². The SMILES string of the molecule is CC1C(c2ccccc2)=CC=CC1(COc1cc(OCc2cncc(C#N)c2)c(C=O)cc1Cl)OCc1cncc(C#N)c1. The highest BCUT2D eigenvalue weighted by Crippen LogP contribution is 2.41. The number of ether oxygens (including phenoxy) is 3. The van der Waals surface area contributed by atoms with Crippen LogP contribution in [0.4, 0.5) is 0 Å². The van der Waals surface area contributed by atoms with Crippen LogP contribution in [0.1, 0.15) is 45.1 Å². The molecule has 0 radical (unpaired) electrons. The molecule has 8 nitrogen and oxygen atoms in total. The van der Waals surface area contributed by atoms with Gasteiger partial charge in [-0.25, -0.2) is 0 Å². The third kappa shape index (κ3) is 6.85. The third-order valence-electron chi connectivity index (χ3n) is 7.36. The lowest BCUT2D eigenvalue weighted by molar-refractivity contribution is -0.0694. The molecule has 2 heterocycles. The van der Waals surface area contributed by atoms with E-state index in [4.69, 9.17) is 31.1 Å². The number of pyridine rings is 2. The molecule has 0 bridgehead atoms. The molecular weight excluding hydrogens is 576 g/mol. The van der Waals surface area contributed by atoms with Gasteiger partial charge in [0.25, 0.3) is 0 Å². The highest BCUT2D eigenvalue weighted by molar-refractivity contribution is 6.32. The molecule has 5 rings (SSSR count). The van der Waals surface area contributed by atoms with Gasteiger partial charge in [-0.15, -0.1) is 0 Å². The molecule has 0 fully saturated rings. The maximum Gasteiger partial charge on any atom is 0.153 e. The van der Waals surface area contributed by atoms with Gasteiger partial charge in [-0.3, -0.25) is 14.8 Å². The van der Waals surface area contributed by atoms with Crippen molar-refractivity contribution in [3.8, 4) is 23.6 Å². The molecule has 0 saturated carbocycles. The quantitative estimate of drug-likeness (QED) is 0.170. The molecule has 0 spiro atoms. The van der Waals surface area contributed by atoms with E-state index in [1.54, 1.807) is 30.6 Å². The van der Waals surface area contributed by atoms with Gasteiger partial charge in [0.05, 0.1) is 28.3 Å². The summed E-state index contributed by atoms with van der Waals surface area (Å²) in [6, 6.07) is 20.7. The van der Waals surface area contributed by atoms with Crippen molar-refractivity contribution >= 4 is 23.5 Å². The average molecular weight is 603 g/mol. The van der Waals surface area contributed by atoms with Gasteiger partial charge in [0.2, 0.25) is 0 Å². The van der Waals surface area contributed by atoms with Gasteiger partial charge in [0.1, 0.15) is 42.5 Å². The summed E-state index contributed by atoms with van der Waals surface area (Å²) in [6.07, 6.45) is 12.9. The zero-order valence-electron chi connectivity index (χ0n) is 23.8. The first-order chi connectivity index (χ1) is 21.4. The molecule has 9 heteroatoms. The third-order valence-corrected chi connectivity index (χ3v) is 7.65. The summed E-state index contributed by atoms with van der Waals surface area (Å²) in [7, 11) is 0. The number of hydrogen-bond donors (Lipinski definition) is 0. The summed E-state index contributed by atoms with van der Waals surface area (Å²) in [5, 5.41) is 18.7. The number of carbonyl (C=O) groups excluding carboxylic acids is 1. The minimum absolute atomic E-state index is 0.0773. The summed E-state index contributed by atoms with van der Waals surface area (Å²) in [6.45, 7) is 2.42. The lowest BCUT2D eigenvalue weighted by Gasteiger charge is -2.39. The second-order valence-corrected chi connectivity index (χ2v) is 10.6. The number of carbonyl (C=O) groups is 1. The van der Waals surface area contributed by atoms with Crippen LogP contribution in [-0.2, 0) is 18.0 Å².